The zero-order valence-electron chi connectivity index (χ0n) is 13.5. The Morgan fingerprint density at radius 3 is 2.04 bits per heavy atom. The standard InChI is InChI=1S/C18H19Cl2NO2/c1-10-5-11(2)17(12(3)6-10)21-18(22)13(4)23-16-8-14(19)7-15(20)9-16/h5-9,13H,1-4H3,(H,21,22)/t13-/m1/s1. The Morgan fingerprint density at radius 2 is 1.52 bits per heavy atom. The summed E-state index contributed by atoms with van der Waals surface area (Å²) >= 11 is 11.9. The van der Waals surface area contributed by atoms with E-state index >= 15 is 0 Å². The van der Waals surface area contributed by atoms with Crippen LogP contribution in [0.2, 0.25) is 10.0 Å². The molecule has 0 aliphatic carbocycles. The van der Waals surface area contributed by atoms with E-state index in [-0.39, 0.29) is 5.91 Å². The molecule has 1 N–H and O–H groups in total. The molecule has 0 bridgehead atoms. The van der Waals surface area contributed by atoms with Crippen LogP contribution in [0.15, 0.2) is 30.3 Å². The zero-order chi connectivity index (χ0) is 17.1. The van der Waals surface area contributed by atoms with Crippen LogP contribution in [0.1, 0.15) is 23.6 Å². The average Bonchev–Trinajstić information content (AvgIpc) is 2.41. The summed E-state index contributed by atoms with van der Waals surface area (Å²) in [6, 6.07) is 8.93. The number of benzene rings is 2. The number of anilines is 1. The van der Waals surface area contributed by atoms with Crippen LogP contribution in [0.4, 0.5) is 5.69 Å². The number of rotatable bonds is 4. The molecule has 5 heteroatoms. The van der Waals surface area contributed by atoms with Crippen LogP contribution in [0.5, 0.6) is 5.75 Å². The Hall–Kier alpha value is -1.71. The number of nitrogens with one attached hydrogen (secondary N) is 1. The molecule has 2 aromatic rings. The van der Waals surface area contributed by atoms with Crippen molar-refractivity contribution in [2.45, 2.75) is 33.8 Å². The van der Waals surface area contributed by atoms with E-state index in [1.165, 1.54) is 0 Å². The van der Waals surface area contributed by atoms with Gasteiger partial charge in [-0.2, -0.15) is 0 Å². The van der Waals surface area contributed by atoms with E-state index in [1.807, 2.05) is 32.9 Å². The smallest absolute Gasteiger partial charge is 0.265 e. The lowest BCUT2D eigenvalue weighted by molar-refractivity contribution is -0.122. The van der Waals surface area contributed by atoms with Gasteiger partial charge in [0.2, 0.25) is 0 Å². The fourth-order valence-electron chi connectivity index (χ4n) is 2.46. The van der Waals surface area contributed by atoms with Crippen LogP contribution in [-0.2, 0) is 4.79 Å². The van der Waals surface area contributed by atoms with Gasteiger partial charge < -0.3 is 10.1 Å². The van der Waals surface area contributed by atoms with Crippen molar-refractivity contribution in [3.05, 3.63) is 57.1 Å². The minimum absolute atomic E-state index is 0.226. The first-order valence-electron chi connectivity index (χ1n) is 7.27. The van der Waals surface area contributed by atoms with Gasteiger partial charge in [-0.3, -0.25) is 4.79 Å². The molecule has 0 saturated carbocycles. The highest BCUT2D eigenvalue weighted by molar-refractivity contribution is 6.34. The van der Waals surface area contributed by atoms with E-state index in [4.69, 9.17) is 27.9 Å². The van der Waals surface area contributed by atoms with Gasteiger partial charge in [-0.1, -0.05) is 40.9 Å². The highest BCUT2D eigenvalue weighted by Crippen LogP contribution is 2.26. The Balaban J connectivity index is 2.11. The van der Waals surface area contributed by atoms with E-state index < -0.39 is 6.10 Å². The summed E-state index contributed by atoms with van der Waals surface area (Å²) < 4.78 is 5.63. The predicted octanol–water partition coefficient (Wildman–Crippen LogP) is 5.32. The summed E-state index contributed by atoms with van der Waals surface area (Å²) in [5, 5.41) is 3.85. The normalized spacial score (nSPS) is 11.9. The van der Waals surface area contributed by atoms with Gasteiger partial charge in [0.05, 0.1) is 0 Å². The summed E-state index contributed by atoms with van der Waals surface area (Å²) in [5.74, 6) is 0.235. The second kappa shape index (κ2) is 7.24. The molecule has 0 aromatic heterocycles. The highest BCUT2D eigenvalue weighted by atomic mass is 35.5. The second-order valence-corrected chi connectivity index (χ2v) is 6.50. The van der Waals surface area contributed by atoms with Gasteiger partial charge in [0, 0.05) is 15.7 Å². The third-order valence-electron chi connectivity index (χ3n) is 3.44. The Kier molecular flexibility index (Phi) is 5.55. The fourth-order valence-corrected chi connectivity index (χ4v) is 2.96. The van der Waals surface area contributed by atoms with Crippen molar-refractivity contribution < 1.29 is 9.53 Å². The second-order valence-electron chi connectivity index (χ2n) is 5.63. The molecule has 0 spiro atoms. The average molecular weight is 352 g/mol. The molecule has 0 aliphatic heterocycles. The number of carbonyl (C=O) groups is 1. The molecule has 2 rings (SSSR count). The lowest BCUT2D eigenvalue weighted by atomic mass is 10.0. The minimum Gasteiger partial charge on any atom is -0.481 e. The number of halogens is 2. The van der Waals surface area contributed by atoms with Gasteiger partial charge in [-0.15, -0.1) is 0 Å². The Bertz CT molecular complexity index is 701. The highest BCUT2D eigenvalue weighted by Gasteiger charge is 2.17. The van der Waals surface area contributed by atoms with Crippen molar-refractivity contribution in [3.8, 4) is 5.75 Å². The van der Waals surface area contributed by atoms with Crippen LogP contribution >= 0.6 is 23.2 Å². The molecule has 23 heavy (non-hydrogen) atoms. The lowest BCUT2D eigenvalue weighted by Crippen LogP contribution is -2.30. The SMILES string of the molecule is Cc1cc(C)c(NC(=O)[C@@H](C)Oc2cc(Cl)cc(Cl)c2)c(C)c1. The maximum atomic E-state index is 12.4. The van der Waals surface area contributed by atoms with Crippen molar-refractivity contribution in [2.75, 3.05) is 5.32 Å². The summed E-state index contributed by atoms with van der Waals surface area (Å²) in [4.78, 5) is 12.4. The number of aryl methyl sites for hydroxylation is 3. The van der Waals surface area contributed by atoms with Gasteiger partial charge in [0.15, 0.2) is 6.10 Å². The molecule has 1 amide bonds. The van der Waals surface area contributed by atoms with Crippen LogP contribution < -0.4 is 10.1 Å². The molecule has 3 nitrogen and oxygen atoms in total. The van der Waals surface area contributed by atoms with Gasteiger partial charge in [0.1, 0.15) is 5.75 Å². The van der Waals surface area contributed by atoms with Gasteiger partial charge in [-0.25, -0.2) is 0 Å². The van der Waals surface area contributed by atoms with Crippen molar-refractivity contribution in [2.24, 2.45) is 0 Å². The van der Waals surface area contributed by atoms with Crippen molar-refractivity contribution in [1.29, 1.82) is 0 Å². The molecule has 2 aromatic carbocycles. The molecule has 0 heterocycles. The van der Waals surface area contributed by atoms with Crippen molar-refractivity contribution in [1.82, 2.24) is 0 Å². The summed E-state index contributed by atoms with van der Waals surface area (Å²) in [7, 11) is 0. The fraction of sp³-hybridized carbons (Fsp3) is 0.278. The zero-order valence-corrected chi connectivity index (χ0v) is 15.0. The first kappa shape index (κ1) is 17.6. The van der Waals surface area contributed by atoms with Crippen LogP contribution in [-0.4, -0.2) is 12.0 Å². The van der Waals surface area contributed by atoms with Crippen molar-refractivity contribution >= 4 is 34.8 Å². The van der Waals surface area contributed by atoms with E-state index in [0.717, 1.165) is 22.4 Å². The monoisotopic (exact) mass is 351 g/mol. The van der Waals surface area contributed by atoms with E-state index in [9.17, 15) is 4.79 Å². The predicted molar refractivity (Wildman–Crippen MR) is 95.8 cm³/mol. The summed E-state index contributed by atoms with van der Waals surface area (Å²) in [5.41, 5.74) is 4.03. The number of ether oxygens (including phenoxy) is 1. The molecular formula is C18H19Cl2NO2. The van der Waals surface area contributed by atoms with E-state index in [2.05, 4.69) is 5.32 Å². The van der Waals surface area contributed by atoms with E-state index in [1.54, 1.807) is 25.1 Å². The number of carbonyl (C=O) groups excluding carboxylic acids is 1. The van der Waals surface area contributed by atoms with Gasteiger partial charge >= 0.3 is 0 Å². The van der Waals surface area contributed by atoms with Crippen LogP contribution in [0.25, 0.3) is 0 Å². The molecule has 0 aliphatic rings. The lowest BCUT2D eigenvalue weighted by Gasteiger charge is -2.18. The summed E-state index contributed by atoms with van der Waals surface area (Å²) in [6.07, 6.45) is -0.676. The maximum Gasteiger partial charge on any atom is 0.265 e. The van der Waals surface area contributed by atoms with E-state index in [0.29, 0.717) is 15.8 Å². The summed E-state index contributed by atoms with van der Waals surface area (Å²) in [6.45, 7) is 7.65. The Labute approximate surface area is 146 Å². The number of amides is 1. The molecule has 122 valence electrons. The van der Waals surface area contributed by atoms with Gasteiger partial charge in [0.25, 0.3) is 5.91 Å². The van der Waals surface area contributed by atoms with Crippen LogP contribution in [0.3, 0.4) is 0 Å². The maximum absolute atomic E-state index is 12.4. The first-order valence-corrected chi connectivity index (χ1v) is 8.03. The third kappa shape index (κ3) is 4.63. The quantitative estimate of drug-likeness (QED) is 0.808. The third-order valence-corrected chi connectivity index (χ3v) is 3.88. The Morgan fingerprint density at radius 1 is 1.00 bits per heavy atom. The molecule has 0 saturated heterocycles. The molecule has 1 atom stereocenters. The van der Waals surface area contributed by atoms with Gasteiger partial charge in [-0.05, 0) is 57.0 Å². The minimum atomic E-state index is -0.676. The first-order chi connectivity index (χ1) is 10.8. The van der Waals surface area contributed by atoms with Crippen molar-refractivity contribution in [3.63, 3.8) is 0 Å². The molecule has 0 fully saturated rings. The topological polar surface area (TPSA) is 38.3 Å². The van der Waals surface area contributed by atoms with Crippen LogP contribution in [0, 0.1) is 20.8 Å². The molecular weight excluding hydrogens is 333 g/mol. The molecule has 0 unspecified atom stereocenters. The number of hydrogen-bond donors (Lipinski definition) is 1. The number of hydrogen-bond acceptors (Lipinski definition) is 2. The molecule has 0 radical (unpaired) electrons. The largest absolute Gasteiger partial charge is 0.481 e.